The maximum absolute atomic E-state index is 11.2. The SMILES string of the molecule is C=CC(=O)c1ccccc1O.O=C1CCOc2ccccc21. The number of hydrogen-bond donors (Lipinski definition) is 1. The summed E-state index contributed by atoms with van der Waals surface area (Å²) >= 11 is 0. The molecule has 2 aromatic carbocycles. The molecular formula is C18H16O4. The van der Waals surface area contributed by atoms with Crippen molar-refractivity contribution in [2.45, 2.75) is 6.42 Å². The van der Waals surface area contributed by atoms with Crippen LogP contribution in [-0.2, 0) is 0 Å². The van der Waals surface area contributed by atoms with Crippen molar-refractivity contribution in [2.75, 3.05) is 6.61 Å². The van der Waals surface area contributed by atoms with E-state index >= 15 is 0 Å². The summed E-state index contributed by atoms with van der Waals surface area (Å²) in [7, 11) is 0. The molecule has 0 bridgehead atoms. The Kier molecular flexibility index (Phi) is 5.09. The first-order chi connectivity index (χ1) is 10.6. The zero-order valence-corrected chi connectivity index (χ0v) is 12.0. The van der Waals surface area contributed by atoms with E-state index in [1.54, 1.807) is 24.3 Å². The third kappa shape index (κ3) is 3.61. The van der Waals surface area contributed by atoms with Crippen LogP contribution >= 0.6 is 0 Å². The van der Waals surface area contributed by atoms with Crippen molar-refractivity contribution in [3.8, 4) is 11.5 Å². The Bertz CT molecular complexity index is 704. The predicted octanol–water partition coefficient (Wildman–Crippen LogP) is 3.41. The molecule has 0 aromatic heterocycles. The number of fused-ring (bicyclic) bond motifs is 1. The van der Waals surface area contributed by atoms with Gasteiger partial charge in [0.05, 0.1) is 17.7 Å². The lowest BCUT2D eigenvalue weighted by atomic mass is 10.1. The van der Waals surface area contributed by atoms with E-state index in [0.717, 1.165) is 11.3 Å². The lowest BCUT2D eigenvalue weighted by molar-refractivity contribution is 0.0933. The van der Waals surface area contributed by atoms with Gasteiger partial charge in [-0.25, -0.2) is 0 Å². The standard InChI is InChI=1S/2C9H8O2/c10-8-5-6-11-9-4-2-1-3-7(8)9;1-2-8(10)7-5-3-4-6-9(7)11/h1-4H,5-6H2;2-6,11H,1H2. The van der Waals surface area contributed by atoms with Crippen molar-refractivity contribution in [1.82, 2.24) is 0 Å². The Morgan fingerprint density at radius 1 is 1.14 bits per heavy atom. The molecular weight excluding hydrogens is 280 g/mol. The number of phenolic OH excluding ortho intramolecular Hbond substituents is 1. The van der Waals surface area contributed by atoms with Gasteiger partial charge in [0.2, 0.25) is 0 Å². The second-order valence-electron chi connectivity index (χ2n) is 4.60. The smallest absolute Gasteiger partial charge is 0.188 e. The number of carbonyl (C=O) groups excluding carboxylic acids is 2. The highest BCUT2D eigenvalue weighted by Gasteiger charge is 2.16. The third-order valence-electron chi connectivity index (χ3n) is 3.13. The van der Waals surface area contributed by atoms with Gasteiger partial charge in [0.15, 0.2) is 11.6 Å². The van der Waals surface area contributed by atoms with Crippen LogP contribution in [0.5, 0.6) is 11.5 Å². The van der Waals surface area contributed by atoms with Crippen molar-refractivity contribution in [3.05, 3.63) is 72.3 Å². The van der Waals surface area contributed by atoms with Gasteiger partial charge >= 0.3 is 0 Å². The first-order valence-electron chi connectivity index (χ1n) is 6.83. The van der Waals surface area contributed by atoms with Crippen LogP contribution in [0.3, 0.4) is 0 Å². The maximum atomic E-state index is 11.2. The number of phenols is 1. The lowest BCUT2D eigenvalue weighted by Gasteiger charge is -2.14. The summed E-state index contributed by atoms with van der Waals surface area (Å²) in [5.74, 6) is 0.649. The molecule has 0 aliphatic carbocycles. The Morgan fingerprint density at radius 3 is 2.50 bits per heavy atom. The van der Waals surface area contributed by atoms with E-state index in [-0.39, 0.29) is 17.3 Å². The van der Waals surface area contributed by atoms with Gasteiger partial charge in [0, 0.05) is 6.42 Å². The summed E-state index contributed by atoms with van der Waals surface area (Å²) in [6, 6.07) is 13.7. The zero-order valence-electron chi connectivity index (χ0n) is 12.0. The molecule has 0 atom stereocenters. The number of carbonyl (C=O) groups is 2. The van der Waals surface area contributed by atoms with Crippen LogP contribution in [0, 0.1) is 0 Å². The van der Waals surface area contributed by atoms with Gasteiger partial charge in [0.1, 0.15) is 11.5 Å². The topological polar surface area (TPSA) is 63.6 Å². The minimum atomic E-state index is -0.261. The van der Waals surface area contributed by atoms with Crippen LogP contribution in [0.2, 0.25) is 0 Å². The molecule has 1 heterocycles. The van der Waals surface area contributed by atoms with Gasteiger partial charge < -0.3 is 9.84 Å². The van der Waals surface area contributed by atoms with Gasteiger partial charge in [-0.15, -0.1) is 0 Å². The van der Waals surface area contributed by atoms with Gasteiger partial charge in [-0.3, -0.25) is 9.59 Å². The van der Waals surface area contributed by atoms with Crippen molar-refractivity contribution in [2.24, 2.45) is 0 Å². The molecule has 0 saturated carbocycles. The van der Waals surface area contributed by atoms with E-state index in [1.807, 2.05) is 18.2 Å². The molecule has 2 aromatic rings. The quantitative estimate of drug-likeness (QED) is 0.681. The number of aromatic hydroxyl groups is 1. The second kappa shape index (κ2) is 7.22. The lowest BCUT2D eigenvalue weighted by Crippen LogP contribution is -2.14. The first-order valence-corrected chi connectivity index (χ1v) is 6.83. The van der Waals surface area contributed by atoms with E-state index in [4.69, 9.17) is 9.84 Å². The Balaban J connectivity index is 0.000000160. The summed E-state index contributed by atoms with van der Waals surface area (Å²) in [6.07, 6.45) is 1.69. The number of ketones is 2. The van der Waals surface area contributed by atoms with Crippen LogP contribution in [0.4, 0.5) is 0 Å². The molecule has 0 saturated heterocycles. The number of benzene rings is 2. The molecule has 0 amide bonds. The Hall–Kier alpha value is -2.88. The Labute approximate surface area is 128 Å². The average molecular weight is 296 g/mol. The summed E-state index contributed by atoms with van der Waals surface area (Å²) < 4.78 is 5.27. The van der Waals surface area contributed by atoms with E-state index < -0.39 is 0 Å². The van der Waals surface area contributed by atoms with Crippen LogP contribution in [0.1, 0.15) is 27.1 Å². The fourth-order valence-corrected chi connectivity index (χ4v) is 2.00. The largest absolute Gasteiger partial charge is 0.507 e. The molecule has 0 unspecified atom stereocenters. The highest BCUT2D eigenvalue weighted by molar-refractivity contribution is 6.06. The Morgan fingerprint density at radius 2 is 1.82 bits per heavy atom. The monoisotopic (exact) mass is 296 g/mol. The van der Waals surface area contributed by atoms with E-state index in [1.165, 1.54) is 12.1 Å². The third-order valence-corrected chi connectivity index (χ3v) is 3.13. The molecule has 1 aliphatic heterocycles. The number of rotatable bonds is 2. The van der Waals surface area contributed by atoms with Gasteiger partial charge in [-0.05, 0) is 30.3 Å². The average Bonchev–Trinajstić information content (AvgIpc) is 2.56. The van der Waals surface area contributed by atoms with E-state index in [9.17, 15) is 9.59 Å². The highest BCUT2D eigenvalue weighted by atomic mass is 16.5. The molecule has 0 fully saturated rings. The molecule has 0 spiro atoms. The van der Waals surface area contributed by atoms with Crippen LogP contribution in [0.15, 0.2) is 61.2 Å². The molecule has 4 heteroatoms. The highest BCUT2D eigenvalue weighted by Crippen LogP contribution is 2.23. The van der Waals surface area contributed by atoms with Crippen LogP contribution < -0.4 is 4.74 Å². The molecule has 1 aliphatic rings. The van der Waals surface area contributed by atoms with Gasteiger partial charge in [0.25, 0.3) is 0 Å². The zero-order chi connectivity index (χ0) is 15.9. The molecule has 3 rings (SSSR count). The van der Waals surface area contributed by atoms with Crippen LogP contribution in [-0.4, -0.2) is 23.3 Å². The number of para-hydroxylation sites is 2. The van der Waals surface area contributed by atoms with Gasteiger partial charge in [-0.2, -0.15) is 0 Å². The molecule has 0 radical (unpaired) electrons. The van der Waals surface area contributed by atoms with Crippen molar-refractivity contribution >= 4 is 11.6 Å². The summed E-state index contributed by atoms with van der Waals surface area (Å²) in [6.45, 7) is 3.84. The van der Waals surface area contributed by atoms with Crippen molar-refractivity contribution in [1.29, 1.82) is 0 Å². The number of Topliss-reactive ketones (excluding diaryl/α,β-unsaturated/α-hetero) is 1. The van der Waals surface area contributed by atoms with E-state index in [2.05, 4.69) is 6.58 Å². The maximum Gasteiger partial charge on any atom is 0.188 e. The normalized spacial score (nSPS) is 12.3. The second-order valence-corrected chi connectivity index (χ2v) is 4.60. The minimum absolute atomic E-state index is 0.00241. The fourth-order valence-electron chi connectivity index (χ4n) is 2.00. The van der Waals surface area contributed by atoms with Gasteiger partial charge in [-0.1, -0.05) is 30.8 Å². The number of ether oxygens (including phenoxy) is 1. The summed E-state index contributed by atoms with van der Waals surface area (Å²) in [5.41, 5.74) is 1.02. The van der Waals surface area contributed by atoms with Crippen molar-refractivity contribution < 1.29 is 19.4 Å². The fraction of sp³-hybridized carbons (Fsp3) is 0.111. The van der Waals surface area contributed by atoms with Crippen molar-refractivity contribution in [3.63, 3.8) is 0 Å². The summed E-state index contributed by atoms with van der Waals surface area (Å²) in [4.78, 5) is 22.2. The minimum Gasteiger partial charge on any atom is -0.507 e. The summed E-state index contributed by atoms with van der Waals surface area (Å²) in [5, 5.41) is 9.14. The first kappa shape index (κ1) is 15.5. The number of allylic oxidation sites excluding steroid dienone is 1. The van der Waals surface area contributed by atoms with E-state index in [0.29, 0.717) is 18.6 Å². The molecule has 1 N–H and O–H groups in total. The molecule has 4 nitrogen and oxygen atoms in total. The molecule has 22 heavy (non-hydrogen) atoms. The predicted molar refractivity (Wildman–Crippen MR) is 83.5 cm³/mol. The van der Waals surface area contributed by atoms with Crippen LogP contribution in [0.25, 0.3) is 0 Å². The number of hydrogen-bond acceptors (Lipinski definition) is 4. The molecule has 112 valence electrons.